The van der Waals surface area contributed by atoms with E-state index in [0.717, 1.165) is 0 Å². The van der Waals surface area contributed by atoms with Crippen LogP contribution in [0.25, 0.3) is 6.08 Å². The van der Waals surface area contributed by atoms with Gasteiger partial charge in [0.1, 0.15) is 23.1 Å². The summed E-state index contributed by atoms with van der Waals surface area (Å²) in [7, 11) is 3.01. The van der Waals surface area contributed by atoms with Gasteiger partial charge in [0.2, 0.25) is 0 Å². The van der Waals surface area contributed by atoms with Crippen LogP contribution in [0.2, 0.25) is 5.02 Å². The Balaban J connectivity index is 1.95. The van der Waals surface area contributed by atoms with E-state index in [0.29, 0.717) is 27.8 Å². The van der Waals surface area contributed by atoms with Crippen LogP contribution in [0.1, 0.15) is 5.56 Å². The predicted octanol–water partition coefficient (Wildman–Crippen LogP) is 3.45. The Morgan fingerprint density at radius 3 is 2.43 bits per heavy atom. The lowest BCUT2D eigenvalue weighted by Crippen LogP contribution is -2.21. The first kappa shape index (κ1) is 20.8. The summed E-state index contributed by atoms with van der Waals surface area (Å²) in [5.74, 6) is -0.362. The normalized spacial score (nSPS) is 10.6. The molecule has 0 atom stereocenters. The molecule has 0 saturated heterocycles. The number of rotatable bonds is 7. The van der Waals surface area contributed by atoms with Crippen molar-refractivity contribution in [3.8, 4) is 17.6 Å². The maximum atomic E-state index is 12.0. The van der Waals surface area contributed by atoms with Gasteiger partial charge < -0.3 is 19.5 Å². The van der Waals surface area contributed by atoms with Crippen LogP contribution in [0.4, 0.5) is 5.69 Å². The van der Waals surface area contributed by atoms with E-state index in [9.17, 15) is 9.59 Å². The first-order valence-corrected chi connectivity index (χ1v) is 8.41. The fraction of sp³-hybridized carbons (Fsp3) is 0.150. The maximum Gasteiger partial charge on any atom is 0.349 e. The van der Waals surface area contributed by atoms with E-state index in [2.05, 4.69) is 5.32 Å². The van der Waals surface area contributed by atoms with Crippen LogP contribution in [0.3, 0.4) is 0 Å². The molecule has 0 aliphatic carbocycles. The molecule has 0 aliphatic rings. The smallest absolute Gasteiger partial charge is 0.349 e. The molecule has 0 bridgehead atoms. The number of nitrogens with zero attached hydrogens (tertiary/aromatic N) is 1. The molecule has 0 heterocycles. The molecule has 2 aromatic carbocycles. The quantitative estimate of drug-likeness (QED) is 0.434. The van der Waals surface area contributed by atoms with Crippen LogP contribution in [0.5, 0.6) is 11.5 Å². The minimum Gasteiger partial charge on any atom is -0.497 e. The standard InChI is InChI=1S/C20H17ClN2O5/c1-26-16-6-3-13(4-7-16)9-14(11-22)20(25)28-12-19(24)23-15-5-8-18(27-2)17(21)10-15/h3-10H,12H2,1-2H3,(H,23,24)/b14-9+. The minimum atomic E-state index is -0.902. The van der Waals surface area contributed by atoms with Crippen LogP contribution in [-0.4, -0.2) is 32.7 Å². The van der Waals surface area contributed by atoms with Gasteiger partial charge in [-0.2, -0.15) is 5.26 Å². The van der Waals surface area contributed by atoms with Gasteiger partial charge in [0.15, 0.2) is 6.61 Å². The summed E-state index contributed by atoms with van der Waals surface area (Å²) in [6.07, 6.45) is 1.36. The van der Waals surface area contributed by atoms with Crippen molar-refractivity contribution in [2.75, 3.05) is 26.1 Å². The maximum absolute atomic E-state index is 12.0. The van der Waals surface area contributed by atoms with Gasteiger partial charge in [0.25, 0.3) is 5.91 Å². The summed E-state index contributed by atoms with van der Waals surface area (Å²) in [6.45, 7) is -0.551. The Morgan fingerprint density at radius 2 is 1.86 bits per heavy atom. The van der Waals surface area contributed by atoms with Crippen molar-refractivity contribution in [3.05, 3.63) is 58.6 Å². The number of hydrogen-bond acceptors (Lipinski definition) is 6. The van der Waals surface area contributed by atoms with E-state index < -0.39 is 18.5 Å². The van der Waals surface area contributed by atoms with Crippen molar-refractivity contribution < 1.29 is 23.8 Å². The van der Waals surface area contributed by atoms with Crippen molar-refractivity contribution >= 4 is 35.2 Å². The molecule has 8 heteroatoms. The summed E-state index contributed by atoms with van der Waals surface area (Å²) in [4.78, 5) is 24.0. The average Bonchev–Trinajstić information content (AvgIpc) is 2.70. The molecule has 7 nitrogen and oxygen atoms in total. The second-order valence-electron chi connectivity index (χ2n) is 5.42. The molecule has 1 N–H and O–H groups in total. The zero-order valence-corrected chi connectivity index (χ0v) is 15.9. The summed E-state index contributed by atoms with van der Waals surface area (Å²) < 4.78 is 15.0. The van der Waals surface area contributed by atoms with Crippen LogP contribution in [0.15, 0.2) is 48.0 Å². The summed E-state index contributed by atoms with van der Waals surface area (Å²) in [6, 6.07) is 13.2. The zero-order valence-electron chi connectivity index (χ0n) is 15.2. The van der Waals surface area contributed by atoms with Gasteiger partial charge in [-0.3, -0.25) is 4.79 Å². The molecule has 2 aromatic rings. The lowest BCUT2D eigenvalue weighted by atomic mass is 10.1. The molecular weight excluding hydrogens is 384 g/mol. The number of carbonyl (C=O) groups excluding carboxylic acids is 2. The summed E-state index contributed by atoms with van der Waals surface area (Å²) in [5, 5.41) is 12.0. The van der Waals surface area contributed by atoms with Gasteiger partial charge >= 0.3 is 5.97 Å². The number of hydrogen-bond donors (Lipinski definition) is 1. The van der Waals surface area contributed by atoms with Crippen molar-refractivity contribution in [1.29, 1.82) is 5.26 Å². The highest BCUT2D eigenvalue weighted by Crippen LogP contribution is 2.27. The number of nitrogens with one attached hydrogen (secondary N) is 1. The molecule has 2 rings (SSSR count). The van der Waals surface area contributed by atoms with Crippen LogP contribution in [0, 0.1) is 11.3 Å². The molecule has 0 saturated carbocycles. The highest BCUT2D eigenvalue weighted by atomic mass is 35.5. The van der Waals surface area contributed by atoms with E-state index >= 15 is 0 Å². The van der Waals surface area contributed by atoms with E-state index in [1.165, 1.54) is 26.4 Å². The van der Waals surface area contributed by atoms with E-state index in [1.807, 2.05) is 0 Å². The molecule has 0 radical (unpaired) electrons. The molecule has 0 spiro atoms. The monoisotopic (exact) mass is 400 g/mol. The first-order chi connectivity index (χ1) is 13.5. The van der Waals surface area contributed by atoms with Crippen LogP contribution in [-0.2, 0) is 14.3 Å². The number of anilines is 1. The second kappa shape index (κ2) is 10.00. The lowest BCUT2D eigenvalue weighted by Gasteiger charge is -2.08. The number of ether oxygens (including phenoxy) is 3. The highest BCUT2D eigenvalue weighted by Gasteiger charge is 2.14. The molecule has 0 aromatic heterocycles. The number of benzene rings is 2. The Labute approximate surface area is 167 Å². The van der Waals surface area contributed by atoms with Crippen LogP contribution >= 0.6 is 11.6 Å². The molecule has 28 heavy (non-hydrogen) atoms. The van der Waals surface area contributed by atoms with Gasteiger partial charge in [-0.15, -0.1) is 0 Å². The SMILES string of the molecule is COc1ccc(/C=C(\C#N)C(=O)OCC(=O)Nc2ccc(OC)c(Cl)c2)cc1. The number of nitriles is 1. The van der Waals surface area contributed by atoms with E-state index in [4.69, 9.17) is 31.1 Å². The van der Waals surface area contributed by atoms with Gasteiger partial charge in [-0.25, -0.2) is 4.79 Å². The Morgan fingerprint density at radius 1 is 1.14 bits per heavy atom. The Kier molecular flexibility index (Phi) is 7.43. The number of halogens is 1. The van der Waals surface area contributed by atoms with Gasteiger partial charge in [-0.05, 0) is 42.0 Å². The minimum absolute atomic E-state index is 0.231. The lowest BCUT2D eigenvalue weighted by molar-refractivity contribution is -0.142. The third kappa shape index (κ3) is 5.76. The molecular formula is C20H17ClN2O5. The highest BCUT2D eigenvalue weighted by molar-refractivity contribution is 6.32. The van der Waals surface area contributed by atoms with Gasteiger partial charge in [-0.1, -0.05) is 23.7 Å². The fourth-order valence-corrected chi connectivity index (χ4v) is 2.41. The average molecular weight is 401 g/mol. The largest absolute Gasteiger partial charge is 0.497 e. The van der Waals surface area contributed by atoms with E-state index in [-0.39, 0.29) is 5.57 Å². The van der Waals surface area contributed by atoms with Crippen molar-refractivity contribution in [3.63, 3.8) is 0 Å². The first-order valence-electron chi connectivity index (χ1n) is 8.03. The van der Waals surface area contributed by atoms with Crippen molar-refractivity contribution in [1.82, 2.24) is 0 Å². The van der Waals surface area contributed by atoms with Crippen molar-refractivity contribution in [2.24, 2.45) is 0 Å². The summed E-state index contributed by atoms with van der Waals surface area (Å²) >= 11 is 5.98. The Bertz CT molecular complexity index is 933. The van der Waals surface area contributed by atoms with E-state index in [1.54, 1.807) is 42.5 Å². The topological polar surface area (TPSA) is 97.6 Å². The Hall–Kier alpha value is -3.50. The third-order valence-corrected chi connectivity index (χ3v) is 3.83. The van der Waals surface area contributed by atoms with Crippen LogP contribution < -0.4 is 14.8 Å². The molecule has 0 aliphatic heterocycles. The number of esters is 1. The number of carbonyl (C=O) groups is 2. The molecule has 1 amide bonds. The molecule has 144 valence electrons. The van der Waals surface area contributed by atoms with Gasteiger partial charge in [0.05, 0.1) is 19.2 Å². The molecule has 0 fully saturated rings. The fourth-order valence-electron chi connectivity index (χ4n) is 2.15. The molecule has 0 unspecified atom stereocenters. The number of amides is 1. The second-order valence-corrected chi connectivity index (χ2v) is 5.82. The summed E-state index contributed by atoms with van der Waals surface area (Å²) in [5.41, 5.74) is 0.804. The zero-order chi connectivity index (χ0) is 20.5. The van der Waals surface area contributed by atoms with Crippen molar-refractivity contribution in [2.45, 2.75) is 0 Å². The third-order valence-electron chi connectivity index (χ3n) is 3.54. The predicted molar refractivity (Wildman–Crippen MR) is 104 cm³/mol. The van der Waals surface area contributed by atoms with Gasteiger partial charge in [0, 0.05) is 5.69 Å². The number of methoxy groups -OCH3 is 2.